The Bertz CT molecular complexity index is 439. The summed E-state index contributed by atoms with van der Waals surface area (Å²) < 4.78 is 10.3. The van der Waals surface area contributed by atoms with Crippen LogP contribution in [0, 0.1) is 11.3 Å². The number of hydrogen-bond donors (Lipinski definition) is 2. The molecule has 0 aliphatic heterocycles. The van der Waals surface area contributed by atoms with Crippen LogP contribution in [0.25, 0.3) is 0 Å². The maximum atomic E-state index is 11.5. The number of aliphatic hydroxyl groups excluding tert-OH is 1. The first-order valence-corrected chi connectivity index (χ1v) is 6.34. The molecule has 0 heterocycles. The van der Waals surface area contributed by atoms with Crippen LogP contribution in [-0.4, -0.2) is 44.0 Å². The molecule has 0 saturated carbocycles. The van der Waals surface area contributed by atoms with E-state index in [9.17, 15) is 4.79 Å². The summed E-state index contributed by atoms with van der Waals surface area (Å²) >= 11 is 0. The number of ether oxygens (including phenoxy) is 2. The summed E-state index contributed by atoms with van der Waals surface area (Å²) in [5.41, 5.74) is 0.546. The van der Waals surface area contributed by atoms with Crippen LogP contribution >= 0.6 is 0 Å². The Balaban J connectivity index is 2.11. The zero-order valence-corrected chi connectivity index (χ0v) is 11.2. The summed E-state index contributed by atoms with van der Waals surface area (Å²) in [6.07, 6.45) is 0.683. The molecule has 0 aromatic heterocycles. The Morgan fingerprint density at radius 2 is 2.05 bits per heavy atom. The number of benzene rings is 1. The zero-order chi connectivity index (χ0) is 14.6. The molecule has 6 heteroatoms. The summed E-state index contributed by atoms with van der Waals surface area (Å²) in [4.78, 5) is 11.5. The van der Waals surface area contributed by atoms with Crippen molar-refractivity contribution in [1.82, 2.24) is 5.32 Å². The van der Waals surface area contributed by atoms with Crippen molar-refractivity contribution in [1.29, 1.82) is 5.26 Å². The van der Waals surface area contributed by atoms with E-state index in [-0.39, 0.29) is 19.1 Å². The van der Waals surface area contributed by atoms with Crippen molar-refractivity contribution in [2.75, 3.05) is 33.0 Å². The van der Waals surface area contributed by atoms with Gasteiger partial charge >= 0.3 is 0 Å². The highest BCUT2D eigenvalue weighted by Crippen LogP contribution is 2.10. The molecular weight excluding hydrogens is 260 g/mol. The molecule has 1 amide bonds. The van der Waals surface area contributed by atoms with E-state index in [1.807, 2.05) is 6.07 Å². The van der Waals surface area contributed by atoms with Crippen LogP contribution in [0.1, 0.15) is 12.0 Å². The Labute approximate surface area is 117 Å². The number of nitriles is 1. The summed E-state index contributed by atoms with van der Waals surface area (Å²) in [5.74, 6) is 0.335. The molecule has 20 heavy (non-hydrogen) atoms. The largest absolute Gasteiger partial charge is 0.484 e. The number of amides is 1. The van der Waals surface area contributed by atoms with Crippen molar-refractivity contribution in [3.05, 3.63) is 29.8 Å². The van der Waals surface area contributed by atoms with E-state index in [4.69, 9.17) is 19.8 Å². The van der Waals surface area contributed by atoms with Crippen LogP contribution in [0.2, 0.25) is 0 Å². The summed E-state index contributed by atoms with van der Waals surface area (Å²) in [5, 5.41) is 19.8. The SMILES string of the molecule is N#Cc1ccc(OCC(=O)NCCCOCCO)cc1. The number of nitrogens with one attached hydrogen (secondary N) is 1. The molecule has 0 spiro atoms. The molecule has 1 aromatic rings. The van der Waals surface area contributed by atoms with Crippen LogP contribution in [0.4, 0.5) is 0 Å². The van der Waals surface area contributed by atoms with Crippen molar-refractivity contribution in [2.45, 2.75) is 6.42 Å². The molecule has 0 fully saturated rings. The summed E-state index contributed by atoms with van der Waals surface area (Å²) in [7, 11) is 0. The highest BCUT2D eigenvalue weighted by atomic mass is 16.5. The molecule has 0 aliphatic carbocycles. The van der Waals surface area contributed by atoms with Gasteiger partial charge in [0.1, 0.15) is 5.75 Å². The van der Waals surface area contributed by atoms with E-state index in [0.717, 1.165) is 0 Å². The fraction of sp³-hybridized carbons (Fsp3) is 0.429. The predicted molar refractivity (Wildman–Crippen MR) is 72.2 cm³/mol. The first kappa shape index (κ1) is 16.0. The Kier molecular flexibility index (Phi) is 7.80. The van der Waals surface area contributed by atoms with Gasteiger partial charge in [-0.25, -0.2) is 0 Å². The van der Waals surface area contributed by atoms with Gasteiger partial charge in [0.15, 0.2) is 6.61 Å². The molecule has 1 rings (SSSR count). The molecule has 6 nitrogen and oxygen atoms in total. The smallest absolute Gasteiger partial charge is 0.257 e. The maximum absolute atomic E-state index is 11.5. The molecule has 0 aliphatic rings. The lowest BCUT2D eigenvalue weighted by molar-refractivity contribution is -0.123. The lowest BCUT2D eigenvalue weighted by Crippen LogP contribution is -2.30. The van der Waals surface area contributed by atoms with Crippen LogP contribution in [0.15, 0.2) is 24.3 Å². The van der Waals surface area contributed by atoms with E-state index in [1.165, 1.54) is 0 Å². The van der Waals surface area contributed by atoms with Crippen molar-refractivity contribution < 1.29 is 19.4 Å². The quantitative estimate of drug-likeness (QED) is 0.640. The van der Waals surface area contributed by atoms with Gasteiger partial charge in [-0.05, 0) is 30.7 Å². The minimum Gasteiger partial charge on any atom is -0.484 e. The predicted octanol–water partition coefficient (Wildman–Crippen LogP) is 0.452. The lowest BCUT2D eigenvalue weighted by Gasteiger charge is -2.07. The highest BCUT2D eigenvalue weighted by molar-refractivity contribution is 5.77. The van der Waals surface area contributed by atoms with E-state index in [2.05, 4.69) is 5.32 Å². The third-order valence-electron chi connectivity index (χ3n) is 2.38. The second-order valence-electron chi connectivity index (χ2n) is 3.96. The average Bonchev–Trinajstić information content (AvgIpc) is 2.49. The average molecular weight is 278 g/mol. The minimum atomic E-state index is -0.212. The van der Waals surface area contributed by atoms with E-state index in [0.29, 0.717) is 37.5 Å². The summed E-state index contributed by atoms with van der Waals surface area (Å²) in [6.45, 7) is 1.25. The normalized spacial score (nSPS) is 9.80. The van der Waals surface area contributed by atoms with Gasteiger partial charge in [-0.2, -0.15) is 5.26 Å². The molecular formula is C14H18N2O4. The molecule has 1 aromatic carbocycles. The number of hydrogen-bond acceptors (Lipinski definition) is 5. The van der Waals surface area contributed by atoms with Gasteiger partial charge in [0, 0.05) is 13.2 Å². The Hall–Kier alpha value is -2.10. The van der Waals surface area contributed by atoms with E-state index >= 15 is 0 Å². The van der Waals surface area contributed by atoms with Crippen molar-refractivity contribution >= 4 is 5.91 Å². The highest BCUT2D eigenvalue weighted by Gasteiger charge is 2.02. The van der Waals surface area contributed by atoms with Gasteiger partial charge in [0.2, 0.25) is 0 Å². The number of rotatable bonds is 9. The summed E-state index contributed by atoms with van der Waals surface area (Å²) in [6, 6.07) is 8.56. The van der Waals surface area contributed by atoms with Crippen LogP contribution in [-0.2, 0) is 9.53 Å². The number of aliphatic hydroxyl groups is 1. The Morgan fingerprint density at radius 1 is 1.30 bits per heavy atom. The first-order valence-electron chi connectivity index (χ1n) is 6.34. The van der Waals surface area contributed by atoms with Crippen LogP contribution in [0.5, 0.6) is 5.75 Å². The fourth-order valence-corrected chi connectivity index (χ4v) is 1.39. The van der Waals surface area contributed by atoms with Crippen molar-refractivity contribution in [3.8, 4) is 11.8 Å². The number of carbonyl (C=O) groups is 1. The molecule has 0 bridgehead atoms. The standard InChI is InChI=1S/C14H18N2O4/c15-10-12-2-4-13(5-3-12)20-11-14(18)16-6-1-8-19-9-7-17/h2-5,17H,1,6-9,11H2,(H,16,18). The Morgan fingerprint density at radius 3 is 2.70 bits per heavy atom. The number of nitrogens with zero attached hydrogens (tertiary/aromatic N) is 1. The van der Waals surface area contributed by atoms with E-state index in [1.54, 1.807) is 24.3 Å². The van der Waals surface area contributed by atoms with Crippen molar-refractivity contribution in [2.24, 2.45) is 0 Å². The molecule has 0 atom stereocenters. The van der Waals surface area contributed by atoms with Gasteiger partial charge in [-0.15, -0.1) is 0 Å². The second-order valence-corrected chi connectivity index (χ2v) is 3.96. The molecule has 0 unspecified atom stereocenters. The minimum absolute atomic E-state index is 0.00475. The van der Waals surface area contributed by atoms with Gasteiger partial charge in [0.05, 0.1) is 24.8 Å². The van der Waals surface area contributed by atoms with Crippen LogP contribution in [0.3, 0.4) is 0 Å². The lowest BCUT2D eigenvalue weighted by atomic mass is 10.2. The second kappa shape index (κ2) is 9.78. The molecule has 108 valence electrons. The van der Waals surface area contributed by atoms with Crippen LogP contribution < -0.4 is 10.1 Å². The van der Waals surface area contributed by atoms with Gasteiger partial charge < -0.3 is 19.9 Å². The zero-order valence-electron chi connectivity index (χ0n) is 11.2. The van der Waals surface area contributed by atoms with Gasteiger partial charge in [-0.3, -0.25) is 4.79 Å². The van der Waals surface area contributed by atoms with Gasteiger partial charge in [0.25, 0.3) is 5.91 Å². The fourth-order valence-electron chi connectivity index (χ4n) is 1.39. The molecule has 0 saturated heterocycles. The molecule has 2 N–H and O–H groups in total. The monoisotopic (exact) mass is 278 g/mol. The third kappa shape index (κ3) is 6.73. The number of carbonyl (C=O) groups excluding carboxylic acids is 1. The molecule has 0 radical (unpaired) electrons. The van der Waals surface area contributed by atoms with Gasteiger partial charge in [-0.1, -0.05) is 0 Å². The third-order valence-corrected chi connectivity index (χ3v) is 2.38. The van der Waals surface area contributed by atoms with Crippen molar-refractivity contribution in [3.63, 3.8) is 0 Å². The van der Waals surface area contributed by atoms with E-state index < -0.39 is 0 Å². The maximum Gasteiger partial charge on any atom is 0.257 e. The first-order chi connectivity index (χ1) is 9.76. The topological polar surface area (TPSA) is 91.6 Å².